The second-order valence-electron chi connectivity index (χ2n) is 10.9. The van der Waals surface area contributed by atoms with Crippen molar-refractivity contribution in [2.75, 3.05) is 19.7 Å². The smallest absolute Gasteiger partial charge is 0.409 e. The highest BCUT2D eigenvalue weighted by Gasteiger charge is 2.40. The van der Waals surface area contributed by atoms with Gasteiger partial charge in [-0.2, -0.15) is 0 Å². The van der Waals surface area contributed by atoms with E-state index in [1.54, 1.807) is 17.0 Å². The number of fused-ring (bicyclic) bond motifs is 1. The predicted molar refractivity (Wildman–Crippen MR) is 143 cm³/mol. The molecule has 0 radical (unpaired) electrons. The van der Waals surface area contributed by atoms with Gasteiger partial charge in [0.25, 0.3) is 5.91 Å². The van der Waals surface area contributed by atoms with Crippen molar-refractivity contribution in [3.05, 3.63) is 64.7 Å². The maximum absolute atomic E-state index is 13.0. The maximum atomic E-state index is 13.0. The number of amides is 4. The highest BCUT2D eigenvalue weighted by Crippen LogP contribution is 2.34. The Bertz CT molecular complexity index is 1250. The van der Waals surface area contributed by atoms with Crippen LogP contribution in [0.4, 0.5) is 4.79 Å². The SMILES string of the molecule is CC(C)COC(=O)N1CCC(c2ccc(COc3cccc4c3CN(C3CCC(=O)NC3=O)C4=O)cc2)CC1. The number of imide groups is 1. The number of nitrogens with one attached hydrogen (secondary N) is 1. The third-order valence-corrected chi connectivity index (χ3v) is 7.68. The highest BCUT2D eigenvalue weighted by molar-refractivity contribution is 6.05. The summed E-state index contributed by atoms with van der Waals surface area (Å²) in [5, 5.41) is 2.33. The molecule has 1 N–H and O–H groups in total. The third kappa shape index (κ3) is 5.92. The minimum Gasteiger partial charge on any atom is -0.489 e. The Balaban J connectivity index is 1.16. The van der Waals surface area contributed by atoms with Gasteiger partial charge in [0.2, 0.25) is 11.8 Å². The van der Waals surface area contributed by atoms with Gasteiger partial charge in [-0.3, -0.25) is 19.7 Å². The summed E-state index contributed by atoms with van der Waals surface area (Å²) >= 11 is 0. The fourth-order valence-corrected chi connectivity index (χ4v) is 5.46. The number of nitrogens with zero attached hydrogens (tertiary/aromatic N) is 2. The first-order valence-corrected chi connectivity index (χ1v) is 13.7. The van der Waals surface area contributed by atoms with Crippen LogP contribution in [0, 0.1) is 5.92 Å². The largest absolute Gasteiger partial charge is 0.489 e. The van der Waals surface area contributed by atoms with Gasteiger partial charge in [-0.1, -0.05) is 44.2 Å². The van der Waals surface area contributed by atoms with Gasteiger partial charge >= 0.3 is 6.09 Å². The number of carbonyl (C=O) groups is 4. The van der Waals surface area contributed by atoms with E-state index in [0.717, 1.165) is 24.0 Å². The first kappa shape index (κ1) is 26.7. The molecule has 3 aliphatic rings. The normalized spacial score (nSPS) is 19.8. The van der Waals surface area contributed by atoms with Gasteiger partial charge in [0.05, 0.1) is 13.2 Å². The average molecular weight is 534 g/mol. The minimum atomic E-state index is -0.652. The Kier molecular flexibility index (Phi) is 7.86. The van der Waals surface area contributed by atoms with Crippen LogP contribution in [0.25, 0.3) is 0 Å². The first-order valence-electron chi connectivity index (χ1n) is 13.7. The van der Waals surface area contributed by atoms with Crippen molar-refractivity contribution in [2.24, 2.45) is 5.92 Å². The molecule has 0 aliphatic carbocycles. The summed E-state index contributed by atoms with van der Waals surface area (Å²) in [5.74, 6) is 0.405. The molecule has 0 aromatic heterocycles. The number of hydrogen-bond donors (Lipinski definition) is 1. The van der Waals surface area contributed by atoms with Crippen molar-refractivity contribution >= 4 is 23.8 Å². The van der Waals surface area contributed by atoms with E-state index >= 15 is 0 Å². The molecular weight excluding hydrogens is 498 g/mol. The van der Waals surface area contributed by atoms with Crippen molar-refractivity contribution in [1.29, 1.82) is 0 Å². The number of likely N-dealkylation sites (tertiary alicyclic amines) is 1. The van der Waals surface area contributed by atoms with Gasteiger partial charge in [-0.05, 0) is 54.4 Å². The van der Waals surface area contributed by atoms with E-state index in [-0.39, 0.29) is 30.9 Å². The van der Waals surface area contributed by atoms with E-state index in [0.29, 0.717) is 55.9 Å². The zero-order valence-electron chi connectivity index (χ0n) is 22.5. The predicted octanol–water partition coefficient (Wildman–Crippen LogP) is 4.00. The molecule has 0 spiro atoms. The van der Waals surface area contributed by atoms with Gasteiger partial charge in [-0.15, -0.1) is 0 Å². The minimum absolute atomic E-state index is 0.214. The zero-order valence-corrected chi connectivity index (χ0v) is 22.5. The monoisotopic (exact) mass is 533 g/mol. The molecule has 1 atom stereocenters. The first-order chi connectivity index (χ1) is 18.8. The Hall–Kier alpha value is -3.88. The highest BCUT2D eigenvalue weighted by atomic mass is 16.6. The van der Waals surface area contributed by atoms with Crippen LogP contribution >= 0.6 is 0 Å². The van der Waals surface area contributed by atoms with E-state index in [1.807, 2.05) is 19.9 Å². The van der Waals surface area contributed by atoms with Crippen molar-refractivity contribution in [1.82, 2.24) is 15.1 Å². The van der Waals surface area contributed by atoms with Crippen LogP contribution in [0.2, 0.25) is 0 Å². The number of benzene rings is 2. The lowest BCUT2D eigenvalue weighted by molar-refractivity contribution is -0.136. The van der Waals surface area contributed by atoms with E-state index in [4.69, 9.17) is 9.47 Å². The summed E-state index contributed by atoms with van der Waals surface area (Å²) in [4.78, 5) is 52.5. The number of ether oxygens (including phenoxy) is 2. The molecule has 9 nitrogen and oxygen atoms in total. The van der Waals surface area contributed by atoms with E-state index in [2.05, 4.69) is 29.6 Å². The number of rotatable bonds is 7. The molecule has 3 heterocycles. The molecule has 39 heavy (non-hydrogen) atoms. The lowest BCUT2D eigenvalue weighted by atomic mass is 9.89. The average Bonchev–Trinajstić information content (AvgIpc) is 3.27. The molecule has 4 amide bonds. The summed E-state index contributed by atoms with van der Waals surface area (Å²) < 4.78 is 11.5. The van der Waals surface area contributed by atoms with E-state index in [1.165, 1.54) is 10.5 Å². The molecular formula is C30H35N3O6. The van der Waals surface area contributed by atoms with Crippen LogP contribution in [0.1, 0.15) is 72.5 Å². The Labute approximate surface area is 228 Å². The van der Waals surface area contributed by atoms with Gasteiger partial charge in [0.15, 0.2) is 0 Å². The van der Waals surface area contributed by atoms with Crippen molar-refractivity contribution in [3.63, 3.8) is 0 Å². The molecule has 9 heteroatoms. The van der Waals surface area contributed by atoms with Crippen LogP contribution in [0.3, 0.4) is 0 Å². The summed E-state index contributed by atoms with van der Waals surface area (Å²) in [6.45, 7) is 6.52. The van der Waals surface area contributed by atoms with E-state index < -0.39 is 11.9 Å². The van der Waals surface area contributed by atoms with Crippen LogP contribution < -0.4 is 10.1 Å². The molecule has 0 saturated carbocycles. The van der Waals surface area contributed by atoms with Crippen LogP contribution in [0.5, 0.6) is 5.75 Å². The second kappa shape index (κ2) is 11.5. The van der Waals surface area contributed by atoms with Crippen LogP contribution in [0.15, 0.2) is 42.5 Å². The second-order valence-corrected chi connectivity index (χ2v) is 10.9. The summed E-state index contributed by atoms with van der Waals surface area (Å²) in [6, 6.07) is 13.1. The number of hydrogen-bond acceptors (Lipinski definition) is 6. The van der Waals surface area contributed by atoms with Gasteiger partial charge in [0, 0.05) is 30.6 Å². The van der Waals surface area contributed by atoms with Crippen molar-refractivity contribution in [3.8, 4) is 5.75 Å². The Morgan fingerprint density at radius 1 is 1.03 bits per heavy atom. The molecule has 3 aliphatic heterocycles. The summed E-state index contributed by atoms with van der Waals surface area (Å²) in [7, 11) is 0. The standard InChI is InChI=1S/C30H35N3O6/c1-19(2)17-39-30(37)32-14-12-22(13-15-32)21-8-6-20(7-9-21)18-38-26-5-3-4-23-24(26)16-33(29(23)36)25-10-11-27(34)31-28(25)35/h3-9,19,22,25H,10-18H2,1-2H3,(H,31,34,35). The zero-order chi connectivity index (χ0) is 27.5. The molecule has 1 unspecified atom stereocenters. The lowest BCUT2D eigenvalue weighted by Crippen LogP contribution is -2.52. The van der Waals surface area contributed by atoms with E-state index in [9.17, 15) is 19.2 Å². The lowest BCUT2D eigenvalue weighted by Gasteiger charge is -2.31. The Morgan fingerprint density at radius 3 is 2.46 bits per heavy atom. The fourth-order valence-electron chi connectivity index (χ4n) is 5.46. The third-order valence-electron chi connectivity index (χ3n) is 7.68. The molecule has 2 saturated heterocycles. The van der Waals surface area contributed by atoms with Crippen molar-refractivity contribution in [2.45, 2.75) is 64.6 Å². The molecule has 0 bridgehead atoms. The van der Waals surface area contributed by atoms with Gasteiger partial charge in [0.1, 0.15) is 18.4 Å². The molecule has 5 rings (SSSR count). The van der Waals surface area contributed by atoms with Crippen LogP contribution in [-0.2, 0) is 27.5 Å². The topological polar surface area (TPSA) is 105 Å². The van der Waals surface area contributed by atoms with Crippen molar-refractivity contribution < 1.29 is 28.7 Å². The Morgan fingerprint density at radius 2 is 1.77 bits per heavy atom. The molecule has 2 fully saturated rings. The summed E-state index contributed by atoms with van der Waals surface area (Å²) in [6.07, 6.45) is 2.14. The molecule has 2 aromatic carbocycles. The quantitative estimate of drug-likeness (QED) is 0.540. The van der Waals surface area contributed by atoms with Gasteiger partial charge < -0.3 is 19.3 Å². The fraction of sp³-hybridized carbons (Fsp3) is 0.467. The molecule has 206 valence electrons. The van der Waals surface area contributed by atoms with Crippen LogP contribution in [-0.4, -0.2) is 59.4 Å². The molecule has 2 aromatic rings. The maximum Gasteiger partial charge on any atom is 0.409 e. The number of piperidine rings is 2. The number of carbonyl (C=O) groups excluding carboxylic acids is 4. The summed E-state index contributed by atoms with van der Waals surface area (Å²) in [5.41, 5.74) is 3.56. The van der Waals surface area contributed by atoms with Gasteiger partial charge in [-0.25, -0.2) is 4.79 Å².